The quantitative estimate of drug-likeness (QED) is 0.909. The van der Waals surface area contributed by atoms with Crippen molar-refractivity contribution in [3.05, 3.63) is 27.7 Å². The Kier molecular flexibility index (Phi) is 4.24. The third-order valence-electron chi connectivity index (χ3n) is 1.73. The minimum Gasteiger partial charge on any atom is -0.382 e. The van der Waals surface area contributed by atoms with Gasteiger partial charge in [-0.25, -0.2) is 0 Å². The first kappa shape index (κ1) is 11.4. The van der Waals surface area contributed by atoms with Crippen molar-refractivity contribution in [2.24, 2.45) is 0 Å². The number of hydrogen-bond donors (Lipinski definition) is 1. The van der Waals surface area contributed by atoms with Gasteiger partial charge in [0.2, 0.25) is 0 Å². The number of hydrogen-bond acceptors (Lipinski definition) is 2. The van der Waals surface area contributed by atoms with Crippen LogP contribution in [0.15, 0.2) is 22.7 Å². The molecule has 0 heterocycles. The van der Waals surface area contributed by atoms with Crippen molar-refractivity contribution in [3.63, 3.8) is 0 Å². The van der Waals surface area contributed by atoms with Gasteiger partial charge in [-0.15, -0.1) is 0 Å². The smallest absolute Gasteiger partial charge is 0.0643 e. The van der Waals surface area contributed by atoms with Crippen molar-refractivity contribution < 1.29 is 0 Å². The summed E-state index contributed by atoms with van der Waals surface area (Å²) in [5, 5.41) is 12.4. The third-order valence-corrected chi connectivity index (χ3v) is 2.94. The molecule has 0 saturated carbocycles. The van der Waals surface area contributed by atoms with Crippen molar-refractivity contribution in [1.29, 1.82) is 5.26 Å². The number of halogens is 2. The van der Waals surface area contributed by atoms with Crippen molar-refractivity contribution in [3.8, 4) is 6.07 Å². The number of nitrogens with zero attached hydrogens (tertiary/aromatic N) is 1. The summed E-state index contributed by atoms with van der Waals surface area (Å²) in [5.74, 6) is 0. The van der Waals surface area contributed by atoms with Crippen LogP contribution in [0.25, 0.3) is 0 Å². The number of nitrogens with one attached hydrogen (secondary N) is 1. The average Bonchev–Trinajstić information content (AvgIpc) is 2.12. The van der Waals surface area contributed by atoms with Crippen LogP contribution in [0.1, 0.15) is 13.3 Å². The van der Waals surface area contributed by atoms with Crippen molar-refractivity contribution >= 4 is 33.2 Å². The van der Waals surface area contributed by atoms with E-state index in [1.807, 2.05) is 25.1 Å². The third kappa shape index (κ3) is 3.21. The zero-order valence-electron chi connectivity index (χ0n) is 7.72. The first-order valence-corrected chi connectivity index (χ1v) is 5.39. The van der Waals surface area contributed by atoms with Crippen LogP contribution in [-0.2, 0) is 0 Å². The van der Waals surface area contributed by atoms with E-state index in [4.69, 9.17) is 16.9 Å². The SMILES string of the molecule is CC(CC#N)Nc1ccc(Cl)c(Br)c1. The van der Waals surface area contributed by atoms with Crippen LogP contribution in [0.3, 0.4) is 0 Å². The molecule has 2 nitrogen and oxygen atoms in total. The molecule has 0 radical (unpaired) electrons. The maximum Gasteiger partial charge on any atom is 0.0643 e. The molecule has 0 aliphatic heterocycles. The molecule has 1 N–H and O–H groups in total. The summed E-state index contributed by atoms with van der Waals surface area (Å²) < 4.78 is 0.855. The number of nitriles is 1. The van der Waals surface area contributed by atoms with Crippen LogP contribution >= 0.6 is 27.5 Å². The van der Waals surface area contributed by atoms with Gasteiger partial charge in [-0.3, -0.25) is 0 Å². The Morgan fingerprint density at radius 3 is 2.93 bits per heavy atom. The van der Waals surface area contributed by atoms with E-state index >= 15 is 0 Å². The minimum absolute atomic E-state index is 0.146. The Morgan fingerprint density at radius 2 is 2.36 bits per heavy atom. The minimum atomic E-state index is 0.146. The fourth-order valence-electron chi connectivity index (χ4n) is 1.06. The molecule has 1 aromatic rings. The highest BCUT2D eigenvalue weighted by Gasteiger charge is 2.02. The molecule has 0 saturated heterocycles. The van der Waals surface area contributed by atoms with E-state index in [1.54, 1.807) is 0 Å². The van der Waals surface area contributed by atoms with Crippen molar-refractivity contribution in [2.45, 2.75) is 19.4 Å². The largest absolute Gasteiger partial charge is 0.382 e. The zero-order valence-corrected chi connectivity index (χ0v) is 10.1. The van der Waals surface area contributed by atoms with Gasteiger partial charge in [0.25, 0.3) is 0 Å². The predicted octanol–water partition coefficient (Wildman–Crippen LogP) is 3.82. The Hall–Kier alpha value is -0.720. The lowest BCUT2D eigenvalue weighted by molar-refractivity contribution is 0.821. The summed E-state index contributed by atoms with van der Waals surface area (Å²) >= 11 is 9.19. The second-order valence-corrected chi connectivity index (χ2v) is 4.30. The van der Waals surface area contributed by atoms with E-state index in [0.29, 0.717) is 11.4 Å². The van der Waals surface area contributed by atoms with Crippen LogP contribution in [-0.4, -0.2) is 6.04 Å². The number of anilines is 1. The van der Waals surface area contributed by atoms with E-state index in [1.165, 1.54) is 0 Å². The van der Waals surface area contributed by atoms with Crippen LogP contribution in [0.2, 0.25) is 5.02 Å². The van der Waals surface area contributed by atoms with Gasteiger partial charge in [0.05, 0.1) is 17.5 Å². The molecule has 1 atom stereocenters. The van der Waals surface area contributed by atoms with Crippen LogP contribution in [0.4, 0.5) is 5.69 Å². The van der Waals surface area contributed by atoms with Gasteiger partial charge in [-0.05, 0) is 41.1 Å². The lowest BCUT2D eigenvalue weighted by Crippen LogP contribution is -2.13. The number of rotatable bonds is 3. The van der Waals surface area contributed by atoms with E-state index < -0.39 is 0 Å². The molecule has 4 heteroatoms. The fourth-order valence-corrected chi connectivity index (χ4v) is 1.55. The van der Waals surface area contributed by atoms with Gasteiger partial charge in [0.15, 0.2) is 0 Å². The van der Waals surface area contributed by atoms with Gasteiger partial charge in [-0.1, -0.05) is 11.6 Å². The monoisotopic (exact) mass is 272 g/mol. The van der Waals surface area contributed by atoms with Gasteiger partial charge in [0, 0.05) is 16.2 Å². The van der Waals surface area contributed by atoms with Crippen molar-refractivity contribution in [1.82, 2.24) is 0 Å². The van der Waals surface area contributed by atoms with Gasteiger partial charge >= 0.3 is 0 Å². The summed E-state index contributed by atoms with van der Waals surface area (Å²) in [6, 6.07) is 7.86. The lowest BCUT2D eigenvalue weighted by atomic mass is 10.2. The standard InChI is InChI=1S/C10H10BrClN2/c1-7(4-5-13)14-8-2-3-10(12)9(11)6-8/h2-3,6-7,14H,4H2,1H3. The first-order valence-electron chi connectivity index (χ1n) is 4.22. The van der Waals surface area contributed by atoms with Crippen LogP contribution in [0, 0.1) is 11.3 Å². The van der Waals surface area contributed by atoms with Gasteiger partial charge in [-0.2, -0.15) is 5.26 Å². The molecule has 14 heavy (non-hydrogen) atoms. The molecular weight excluding hydrogens is 263 g/mol. The zero-order chi connectivity index (χ0) is 10.6. The van der Waals surface area contributed by atoms with Crippen LogP contribution < -0.4 is 5.32 Å². The molecule has 74 valence electrons. The molecule has 0 bridgehead atoms. The summed E-state index contributed by atoms with van der Waals surface area (Å²) in [6.07, 6.45) is 0.486. The van der Waals surface area contributed by atoms with E-state index in [0.717, 1.165) is 10.2 Å². The highest BCUT2D eigenvalue weighted by molar-refractivity contribution is 9.10. The van der Waals surface area contributed by atoms with E-state index in [2.05, 4.69) is 27.3 Å². The van der Waals surface area contributed by atoms with E-state index in [-0.39, 0.29) is 6.04 Å². The fraction of sp³-hybridized carbons (Fsp3) is 0.300. The second-order valence-electron chi connectivity index (χ2n) is 3.04. The Morgan fingerprint density at radius 1 is 1.64 bits per heavy atom. The highest BCUT2D eigenvalue weighted by Crippen LogP contribution is 2.25. The summed E-state index contributed by atoms with van der Waals surface area (Å²) in [4.78, 5) is 0. The molecule has 1 unspecified atom stereocenters. The second kappa shape index (κ2) is 5.23. The molecule has 1 aromatic carbocycles. The topological polar surface area (TPSA) is 35.8 Å². The van der Waals surface area contributed by atoms with Crippen molar-refractivity contribution in [2.75, 3.05) is 5.32 Å². The molecule has 0 aliphatic rings. The maximum absolute atomic E-state index is 8.49. The van der Waals surface area contributed by atoms with E-state index in [9.17, 15) is 0 Å². The normalized spacial score (nSPS) is 11.9. The van der Waals surface area contributed by atoms with Crippen LogP contribution in [0.5, 0.6) is 0 Å². The molecular formula is C10H10BrClN2. The highest BCUT2D eigenvalue weighted by atomic mass is 79.9. The molecule has 0 aliphatic carbocycles. The molecule has 0 aromatic heterocycles. The maximum atomic E-state index is 8.49. The Labute approximate surface area is 97.0 Å². The Bertz CT molecular complexity index is 360. The first-order chi connectivity index (χ1) is 6.63. The average molecular weight is 274 g/mol. The lowest BCUT2D eigenvalue weighted by Gasteiger charge is -2.12. The predicted molar refractivity (Wildman–Crippen MR) is 62.5 cm³/mol. The molecule has 0 spiro atoms. The van der Waals surface area contributed by atoms with Gasteiger partial charge in [0.1, 0.15) is 0 Å². The number of benzene rings is 1. The molecule has 0 amide bonds. The summed E-state index contributed by atoms with van der Waals surface area (Å²) in [5.41, 5.74) is 0.962. The molecule has 1 rings (SSSR count). The molecule has 0 fully saturated rings. The van der Waals surface area contributed by atoms with Gasteiger partial charge < -0.3 is 5.32 Å². The summed E-state index contributed by atoms with van der Waals surface area (Å²) in [7, 11) is 0. The summed E-state index contributed by atoms with van der Waals surface area (Å²) in [6.45, 7) is 1.96. The Balaban J connectivity index is 2.69.